The third-order valence-electron chi connectivity index (χ3n) is 3.12. The third-order valence-corrected chi connectivity index (χ3v) is 3.12. The highest BCUT2D eigenvalue weighted by molar-refractivity contribution is 5.66. The number of aliphatic carboxylic acids is 1. The minimum atomic E-state index is -0.845. The first-order valence-electron chi connectivity index (χ1n) is 6.49. The van der Waals surface area contributed by atoms with Crippen molar-refractivity contribution >= 4 is 5.97 Å². The van der Waals surface area contributed by atoms with Gasteiger partial charge in [0, 0.05) is 6.42 Å². The second-order valence-corrected chi connectivity index (χ2v) is 4.67. The SMILES string of the molecule is O=C(O)CCc1nnc(CN2CCCCCC2)o1. The first kappa shape index (κ1) is 13.0. The fourth-order valence-electron chi connectivity index (χ4n) is 2.15. The number of hydrogen-bond acceptors (Lipinski definition) is 5. The molecule has 0 amide bonds. The molecular weight excluding hydrogens is 234 g/mol. The van der Waals surface area contributed by atoms with Gasteiger partial charge in [-0.2, -0.15) is 0 Å². The van der Waals surface area contributed by atoms with Crippen molar-refractivity contribution in [2.45, 2.75) is 45.1 Å². The standard InChI is InChI=1S/C12H19N3O3/c16-12(17)6-5-10-13-14-11(18-10)9-15-7-3-1-2-4-8-15/h1-9H2,(H,16,17). The molecule has 0 aromatic carbocycles. The van der Waals surface area contributed by atoms with Gasteiger partial charge in [-0.15, -0.1) is 10.2 Å². The lowest BCUT2D eigenvalue weighted by Gasteiger charge is -2.16. The molecule has 0 radical (unpaired) electrons. The average molecular weight is 253 g/mol. The van der Waals surface area contributed by atoms with Gasteiger partial charge in [0.1, 0.15) is 0 Å². The molecule has 1 N–H and O–H groups in total. The normalized spacial score (nSPS) is 17.6. The Labute approximate surface area is 106 Å². The van der Waals surface area contributed by atoms with Gasteiger partial charge in [0.15, 0.2) is 0 Å². The molecule has 1 aromatic rings. The monoisotopic (exact) mass is 253 g/mol. The molecule has 1 aliphatic rings. The molecule has 0 bridgehead atoms. The summed E-state index contributed by atoms with van der Waals surface area (Å²) in [6.07, 6.45) is 5.38. The number of likely N-dealkylation sites (tertiary alicyclic amines) is 1. The van der Waals surface area contributed by atoms with Gasteiger partial charge in [-0.05, 0) is 25.9 Å². The molecule has 1 aliphatic heterocycles. The molecule has 1 fully saturated rings. The van der Waals surface area contributed by atoms with E-state index in [1.807, 2.05) is 0 Å². The summed E-state index contributed by atoms with van der Waals surface area (Å²) < 4.78 is 5.45. The van der Waals surface area contributed by atoms with Crippen molar-refractivity contribution in [2.75, 3.05) is 13.1 Å². The quantitative estimate of drug-likeness (QED) is 0.855. The lowest BCUT2D eigenvalue weighted by atomic mass is 10.2. The minimum absolute atomic E-state index is 0.0331. The molecule has 6 heteroatoms. The molecule has 1 saturated heterocycles. The predicted molar refractivity (Wildman–Crippen MR) is 64.0 cm³/mol. The Morgan fingerprint density at radius 3 is 2.50 bits per heavy atom. The average Bonchev–Trinajstić information content (AvgIpc) is 2.62. The largest absolute Gasteiger partial charge is 0.481 e. The van der Waals surface area contributed by atoms with E-state index in [1.54, 1.807) is 0 Å². The van der Waals surface area contributed by atoms with Gasteiger partial charge in [-0.3, -0.25) is 9.69 Å². The Balaban J connectivity index is 1.83. The van der Waals surface area contributed by atoms with Crippen molar-refractivity contribution in [3.63, 3.8) is 0 Å². The summed E-state index contributed by atoms with van der Waals surface area (Å²) in [7, 11) is 0. The van der Waals surface area contributed by atoms with Crippen molar-refractivity contribution < 1.29 is 14.3 Å². The van der Waals surface area contributed by atoms with Crippen molar-refractivity contribution in [3.8, 4) is 0 Å². The minimum Gasteiger partial charge on any atom is -0.481 e. The molecule has 0 spiro atoms. The van der Waals surface area contributed by atoms with Crippen LogP contribution in [0.15, 0.2) is 4.42 Å². The van der Waals surface area contributed by atoms with Gasteiger partial charge in [-0.25, -0.2) is 0 Å². The Hall–Kier alpha value is -1.43. The fourth-order valence-corrected chi connectivity index (χ4v) is 2.15. The molecule has 6 nitrogen and oxygen atoms in total. The maximum Gasteiger partial charge on any atom is 0.303 e. The van der Waals surface area contributed by atoms with Crippen LogP contribution in [0.3, 0.4) is 0 Å². The van der Waals surface area contributed by atoms with Gasteiger partial charge in [0.2, 0.25) is 11.8 Å². The van der Waals surface area contributed by atoms with Crippen LogP contribution < -0.4 is 0 Å². The Morgan fingerprint density at radius 2 is 1.83 bits per heavy atom. The van der Waals surface area contributed by atoms with E-state index in [0.717, 1.165) is 13.1 Å². The maximum atomic E-state index is 10.4. The summed E-state index contributed by atoms with van der Waals surface area (Å²) in [5.74, 6) is 0.168. The smallest absolute Gasteiger partial charge is 0.303 e. The van der Waals surface area contributed by atoms with Crippen molar-refractivity contribution in [1.82, 2.24) is 15.1 Å². The highest BCUT2D eigenvalue weighted by Crippen LogP contribution is 2.13. The van der Waals surface area contributed by atoms with Gasteiger partial charge < -0.3 is 9.52 Å². The van der Waals surface area contributed by atoms with E-state index in [1.165, 1.54) is 25.7 Å². The summed E-state index contributed by atoms with van der Waals surface area (Å²) in [5, 5.41) is 16.4. The van der Waals surface area contributed by atoms with Crippen LogP contribution in [0, 0.1) is 0 Å². The molecule has 2 heterocycles. The molecule has 100 valence electrons. The number of carbonyl (C=O) groups is 1. The first-order chi connectivity index (χ1) is 8.74. The van der Waals surface area contributed by atoms with E-state index >= 15 is 0 Å². The van der Waals surface area contributed by atoms with E-state index in [9.17, 15) is 4.79 Å². The lowest BCUT2D eigenvalue weighted by Crippen LogP contribution is -2.24. The summed E-state index contributed by atoms with van der Waals surface area (Å²) in [6, 6.07) is 0. The Kier molecular flexibility index (Phi) is 4.69. The zero-order valence-electron chi connectivity index (χ0n) is 10.5. The van der Waals surface area contributed by atoms with Crippen LogP contribution in [-0.2, 0) is 17.8 Å². The van der Waals surface area contributed by atoms with Crippen LogP contribution in [0.2, 0.25) is 0 Å². The number of nitrogens with zero attached hydrogens (tertiary/aromatic N) is 3. The number of rotatable bonds is 5. The molecule has 0 aliphatic carbocycles. The summed E-state index contributed by atoms with van der Waals surface area (Å²) >= 11 is 0. The second kappa shape index (κ2) is 6.49. The molecule has 18 heavy (non-hydrogen) atoms. The van der Waals surface area contributed by atoms with Crippen molar-refractivity contribution in [2.24, 2.45) is 0 Å². The zero-order valence-corrected chi connectivity index (χ0v) is 10.5. The Morgan fingerprint density at radius 1 is 1.17 bits per heavy atom. The predicted octanol–water partition coefficient (Wildman–Crippen LogP) is 1.46. The van der Waals surface area contributed by atoms with Crippen LogP contribution in [0.1, 0.15) is 43.9 Å². The van der Waals surface area contributed by atoms with E-state index in [0.29, 0.717) is 24.7 Å². The van der Waals surface area contributed by atoms with Gasteiger partial charge in [0.05, 0.1) is 13.0 Å². The molecule has 0 saturated carbocycles. The number of hydrogen-bond donors (Lipinski definition) is 1. The van der Waals surface area contributed by atoms with Crippen LogP contribution in [0.25, 0.3) is 0 Å². The van der Waals surface area contributed by atoms with Crippen molar-refractivity contribution in [1.29, 1.82) is 0 Å². The molecular formula is C12H19N3O3. The lowest BCUT2D eigenvalue weighted by molar-refractivity contribution is -0.137. The maximum absolute atomic E-state index is 10.4. The van der Waals surface area contributed by atoms with Crippen molar-refractivity contribution in [3.05, 3.63) is 11.8 Å². The molecule has 1 aromatic heterocycles. The topological polar surface area (TPSA) is 79.5 Å². The second-order valence-electron chi connectivity index (χ2n) is 4.67. The summed E-state index contributed by atoms with van der Waals surface area (Å²) in [6.45, 7) is 2.83. The van der Waals surface area contributed by atoms with E-state index < -0.39 is 5.97 Å². The summed E-state index contributed by atoms with van der Waals surface area (Å²) in [5.41, 5.74) is 0. The van der Waals surface area contributed by atoms with Gasteiger partial charge in [-0.1, -0.05) is 12.8 Å². The number of aryl methyl sites for hydroxylation is 1. The van der Waals surface area contributed by atoms with E-state index in [2.05, 4.69) is 15.1 Å². The zero-order chi connectivity index (χ0) is 12.8. The highest BCUT2D eigenvalue weighted by atomic mass is 16.4. The Bertz CT molecular complexity index is 384. The van der Waals surface area contributed by atoms with Crippen LogP contribution in [-0.4, -0.2) is 39.3 Å². The van der Waals surface area contributed by atoms with E-state index in [4.69, 9.17) is 9.52 Å². The van der Waals surface area contributed by atoms with E-state index in [-0.39, 0.29) is 6.42 Å². The molecule has 0 unspecified atom stereocenters. The fraction of sp³-hybridized carbons (Fsp3) is 0.750. The number of carboxylic acids is 1. The first-order valence-corrected chi connectivity index (χ1v) is 6.49. The number of aromatic nitrogens is 2. The molecule has 2 rings (SSSR count). The van der Waals surface area contributed by atoms with Gasteiger partial charge >= 0.3 is 5.97 Å². The summed E-state index contributed by atoms with van der Waals surface area (Å²) in [4.78, 5) is 12.8. The van der Waals surface area contributed by atoms with Crippen LogP contribution in [0.4, 0.5) is 0 Å². The molecule has 0 atom stereocenters. The van der Waals surface area contributed by atoms with Crippen LogP contribution >= 0.6 is 0 Å². The van der Waals surface area contributed by atoms with Gasteiger partial charge in [0.25, 0.3) is 0 Å². The van der Waals surface area contributed by atoms with Crippen LogP contribution in [0.5, 0.6) is 0 Å². The third kappa shape index (κ3) is 4.10. The highest BCUT2D eigenvalue weighted by Gasteiger charge is 2.14. The number of carboxylic acid groups (broad SMARTS) is 1.